The Labute approximate surface area is 145 Å². The van der Waals surface area contributed by atoms with Crippen LogP contribution in [-0.4, -0.2) is 37.9 Å². The molecule has 0 fully saturated rings. The molecule has 7 nitrogen and oxygen atoms in total. The van der Waals surface area contributed by atoms with Crippen LogP contribution in [0.1, 0.15) is 32.4 Å². The van der Waals surface area contributed by atoms with E-state index in [-0.39, 0.29) is 18.2 Å². The van der Waals surface area contributed by atoms with Crippen molar-refractivity contribution in [2.45, 2.75) is 13.8 Å². The van der Waals surface area contributed by atoms with Crippen LogP contribution in [0.5, 0.6) is 0 Å². The number of ketones is 1. The fourth-order valence-corrected chi connectivity index (χ4v) is 2.43. The second-order valence-electron chi connectivity index (χ2n) is 5.19. The van der Waals surface area contributed by atoms with Crippen LogP contribution < -0.4 is 0 Å². The maximum atomic E-state index is 12.1. The summed E-state index contributed by atoms with van der Waals surface area (Å²) in [5, 5.41) is 4.07. The van der Waals surface area contributed by atoms with Crippen molar-refractivity contribution in [3.8, 4) is 0 Å². The van der Waals surface area contributed by atoms with E-state index in [0.29, 0.717) is 11.3 Å². The monoisotopic (exact) mass is 388 g/mol. The van der Waals surface area contributed by atoms with Crippen molar-refractivity contribution in [2.75, 3.05) is 6.61 Å². The third-order valence-electron chi connectivity index (χ3n) is 3.30. The number of fused-ring (bicyclic) bond motifs is 1. The summed E-state index contributed by atoms with van der Waals surface area (Å²) in [6.45, 7) is 3.29. The van der Waals surface area contributed by atoms with Gasteiger partial charge in [-0.15, -0.1) is 5.10 Å². The number of rotatable bonds is 4. The van der Waals surface area contributed by atoms with E-state index >= 15 is 0 Å². The summed E-state index contributed by atoms with van der Waals surface area (Å²) in [5.41, 5.74) is 2.04. The minimum atomic E-state index is -0.761. The molecule has 0 N–H and O–H groups in total. The van der Waals surface area contributed by atoms with Crippen molar-refractivity contribution >= 4 is 33.5 Å². The number of ether oxygens (including phenoxy) is 1. The number of carbonyl (C=O) groups is 2. The number of benzene rings is 1. The molecule has 3 rings (SSSR count). The van der Waals surface area contributed by atoms with Gasteiger partial charge in [0, 0.05) is 21.4 Å². The van der Waals surface area contributed by atoms with E-state index in [4.69, 9.17) is 4.74 Å². The van der Waals surface area contributed by atoms with Gasteiger partial charge in [0.2, 0.25) is 0 Å². The zero-order valence-corrected chi connectivity index (χ0v) is 14.6. The Morgan fingerprint density at radius 2 is 1.88 bits per heavy atom. The van der Waals surface area contributed by atoms with Gasteiger partial charge in [0.1, 0.15) is 0 Å². The summed E-state index contributed by atoms with van der Waals surface area (Å²) in [6.07, 6.45) is 0. The molecule has 1 aromatic carbocycles. The summed E-state index contributed by atoms with van der Waals surface area (Å²) in [7, 11) is 0. The van der Waals surface area contributed by atoms with Crippen LogP contribution in [0.4, 0.5) is 0 Å². The number of aryl methyl sites for hydroxylation is 2. The lowest BCUT2D eigenvalue weighted by Gasteiger charge is -2.02. The van der Waals surface area contributed by atoms with Crippen molar-refractivity contribution < 1.29 is 14.3 Å². The summed E-state index contributed by atoms with van der Waals surface area (Å²) in [4.78, 5) is 32.3. The summed E-state index contributed by atoms with van der Waals surface area (Å²) < 4.78 is 7.33. The van der Waals surface area contributed by atoms with Crippen LogP contribution in [0, 0.1) is 13.8 Å². The first-order valence-corrected chi connectivity index (χ1v) is 7.90. The van der Waals surface area contributed by atoms with E-state index in [2.05, 4.69) is 31.0 Å². The van der Waals surface area contributed by atoms with Crippen molar-refractivity contribution in [3.63, 3.8) is 0 Å². The van der Waals surface area contributed by atoms with Crippen molar-refractivity contribution in [1.82, 2.24) is 19.6 Å². The van der Waals surface area contributed by atoms with E-state index in [9.17, 15) is 9.59 Å². The van der Waals surface area contributed by atoms with Crippen molar-refractivity contribution in [2.24, 2.45) is 0 Å². The largest absolute Gasteiger partial charge is 0.451 e. The van der Waals surface area contributed by atoms with Gasteiger partial charge >= 0.3 is 5.97 Å². The molecule has 0 aliphatic carbocycles. The quantitative estimate of drug-likeness (QED) is 0.504. The van der Waals surface area contributed by atoms with Crippen LogP contribution in [0.25, 0.3) is 5.78 Å². The highest BCUT2D eigenvalue weighted by Crippen LogP contribution is 2.11. The average molecular weight is 389 g/mol. The lowest BCUT2D eigenvalue weighted by molar-refractivity contribution is 0.0463. The summed E-state index contributed by atoms with van der Waals surface area (Å²) >= 11 is 3.29. The van der Waals surface area contributed by atoms with Crippen LogP contribution >= 0.6 is 15.9 Å². The maximum Gasteiger partial charge on any atom is 0.378 e. The highest BCUT2D eigenvalue weighted by atomic mass is 79.9. The normalized spacial score (nSPS) is 10.8. The van der Waals surface area contributed by atoms with Gasteiger partial charge in [0.05, 0.1) is 0 Å². The smallest absolute Gasteiger partial charge is 0.378 e. The number of aromatic nitrogens is 4. The third kappa shape index (κ3) is 3.33. The minimum Gasteiger partial charge on any atom is -0.451 e. The molecule has 0 aliphatic heterocycles. The molecule has 0 atom stereocenters. The first-order chi connectivity index (χ1) is 11.4. The van der Waals surface area contributed by atoms with Crippen molar-refractivity contribution in [1.29, 1.82) is 0 Å². The Morgan fingerprint density at radius 3 is 2.58 bits per heavy atom. The van der Waals surface area contributed by atoms with Gasteiger partial charge in [-0.3, -0.25) is 4.79 Å². The fraction of sp³-hybridized carbons (Fsp3) is 0.188. The number of nitrogens with zero attached hydrogens (tertiary/aromatic N) is 4. The van der Waals surface area contributed by atoms with Gasteiger partial charge < -0.3 is 4.74 Å². The standard InChI is InChI=1S/C16H13BrN4O3/c1-9-7-10(2)21-16(18-9)19-14(20-21)15(23)24-8-13(22)11-3-5-12(17)6-4-11/h3-7H,8H2,1-2H3. The molecule has 0 spiro atoms. The highest BCUT2D eigenvalue weighted by Gasteiger charge is 2.18. The summed E-state index contributed by atoms with van der Waals surface area (Å²) in [5.74, 6) is -0.869. The molecule has 0 aliphatic rings. The average Bonchev–Trinajstić information content (AvgIpc) is 2.97. The van der Waals surface area contributed by atoms with E-state index in [1.807, 2.05) is 19.9 Å². The number of hydrogen-bond acceptors (Lipinski definition) is 6. The fourth-order valence-electron chi connectivity index (χ4n) is 2.17. The Balaban J connectivity index is 1.72. The molecule has 0 saturated carbocycles. The van der Waals surface area contributed by atoms with Gasteiger partial charge in [-0.1, -0.05) is 28.1 Å². The number of hydrogen-bond donors (Lipinski definition) is 0. The SMILES string of the molecule is Cc1cc(C)n2nc(C(=O)OCC(=O)c3ccc(Br)cc3)nc2n1. The molecule has 122 valence electrons. The molecule has 0 bridgehead atoms. The highest BCUT2D eigenvalue weighted by molar-refractivity contribution is 9.10. The Hall–Kier alpha value is -2.61. The second-order valence-corrected chi connectivity index (χ2v) is 6.11. The van der Waals surface area contributed by atoms with Gasteiger partial charge in [0.15, 0.2) is 12.4 Å². The zero-order valence-electron chi connectivity index (χ0n) is 13.0. The Morgan fingerprint density at radius 1 is 1.17 bits per heavy atom. The molecule has 0 saturated heterocycles. The van der Waals surface area contributed by atoms with Crippen LogP contribution in [0.3, 0.4) is 0 Å². The first kappa shape index (κ1) is 16.3. The topological polar surface area (TPSA) is 86.5 Å². The predicted molar refractivity (Wildman–Crippen MR) is 89.0 cm³/mol. The molecule has 2 heterocycles. The van der Waals surface area contributed by atoms with Gasteiger partial charge in [-0.25, -0.2) is 14.3 Å². The summed E-state index contributed by atoms with van der Waals surface area (Å²) in [6, 6.07) is 8.62. The predicted octanol–water partition coefficient (Wildman–Crippen LogP) is 2.54. The number of Topliss-reactive ketones (excluding diaryl/α,β-unsaturated/α-hetero) is 1. The lowest BCUT2D eigenvalue weighted by atomic mass is 10.1. The molecule has 0 radical (unpaired) electrons. The van der Waals surface area contributed by atoms with Gasteiger partial charge in [-0.2, -0.15) is 4.98 Å². The molecule has 8 heteroatoms. The molecular weight excluding hydrogens is 376 g/mol. The maximum absolute atomic E-state index is 12.1. The zero-order chi connectivity index (χ0) is 17.3. The van der Waals surface area contributed by atoms with E-state index in [0.717, 1.165) is 15.9 Å². The van der Waals surface area contributed by atoms with Crippen LogP contribution in [0.2, 0.25) is 0 Å². The molecule has 24 heavy (non-hydrogen) atoms. The Bertz CT molecular complexity index is 934. The van der Waals surface area contributed by atoms with E-state index in [1.54, 1.807) is 24.3 Å². The number of esters is 1. The van der Waals surface area contributed by atoms with E-state index < -0.39 is 5.97 Å². The first-order valence-electron chi connectivity index (χ1n) is 7.11. The second kappa shape index (κ2) is 6.48. The van der Waals surface area contributed by atoms with Crippen molar-refractivity contribution in [3.05, 3.63) is 57.6 Å². The number of halogens is 1. The molecule has 3 aromatic rings. The minimum absolute atomic E-state index is 0.125. The molecule has 0 unspecified atom stereocenters. The van der Waals surface area contributed by atoms with Gasteiger partial charge in [0.25, 0.3) is 11.6 Å². The molecule has 2 aromatic heterocycles. The molecular formula is C16H13BrN4O3. The van der Waals surface area contributed by atoms with E-state index in [1.165, 1.54) is 4.52 Å². The molecule has 0 amide bonds. The Kier molecular flexibility index (Phi) is 4.39. The third-order valence-corrected chi connectivity index (χ3v) is 3.83. The number of carbonyl (C=O) groups excluding carboxylic acids is 2. The van der Waals surface area contributed by atoms with Crippen LogP contribution in [0.15, 0.2) is 34.8 Å². The van der Waals surface area contributed by atoms with Crippen LogP contribution in [-0.2, 0) is 4.74 Å². The van der Waals surface area contributed by atoms with Gasteiger partial charge in [-0.05, 0) is 32.0 Å². The lowest BCUT2D eigenvalue weighted by Crippen LogP contribution is -2.15.